The second-order valence-corrected chi connectivity index (χ2v) is 4.91. The van der Waals surface area contributed by atoms with Crippen molar-refractivity contribution in [3.05, 3.63) is 45.9 Å². The Morgan fingerprint density at radius 3 is 2.94 bits per heavy atom. The number of benzene rings is 1. The number of hydrogen-bond acceptors (Lipinski definition) is 4. The van der Waals surface area contributed by atoms with Gasteiger partial charge in [-0.05, 0) is 24.6 Å². The Morgan fingerprint density at radius 2 is 2.29 bits per heavy atom. The van der Waals surface area contributed by atoms with Crippen LogP contribution >= 0.6 is 11.3 Å². The third kappa shape index (κ3) is 3.05. The number of aromatic nitrogens is 1. The minimum atomic E-state index is -0.0318. The Labute approximate surface area is 105 Å². The summed E-state index contributed by atoms with van der Waals surface area (Å²) in [6.45, 7) is 2.00. The second kappa shape index (κ2) is 5.29. The summed E-state index contributed by atoms with van der Waals surface area (Å²) in [6, 6.07) is 7.85. The van der Waals surface area contributed by atoms with Crippen LogP contribution < -0.4 is 10.5 Å². The van der Waals surface area contributed by atoms with Gasteiger partial charge in [-0.25, -0.2) is 4.98 Å². The molecule has 1 unspecified atom stereocenters. The largest absolute Gasteiger partial charge is 0.497 e. The van der Waals surface area contributed by atoms with Crippen molar-refractivity contribution in [2.75, 3.05) is 7.11 Å². The number of thiazole rings is 1. The quantitative estimate of drug-likeness (QED) is 0.905. The van der Waals surface area contributed by atoms with Crippen molar-refractivity contribution in [3.63, 3.8) is 0 Å². The number of nitrogens with two attached hydrogens (primary N) is 1. The van der Waals surface area contributed by atoms with Crippen LogP contribution in [0.2, 0.25) is 0 Å². The summed E-state index contributed by atoms with van der Waals surface area (Å²) in [4.78, 5) is 4.43. The summed E-state index contributed by atoms with van der Waals surface area (Å²) in [5.74, 6) is 0.841. The van der Waals surface area contributed by atoms with Crippen LogP contribution in [0.5, 0.6) is 5.75 Å². The zero-order valence-corrected chi connectivity index (χ0v) is 10.8. The normalized spacial score (nSPS) is 12.4. The first-order chi connectivity index (χ1) is 8.19. The van der Waals surface area contributed by atoms with Crippen molar-refractivity contribution >= 4 is 11.3 Å². The van der Waals surface area contributed by atoms with Gasteiger partial charge in [-0.2, -0.15) is 0 Å². The summed E-state index contributed by atoms with van der Waals surface area (Å²) in [5, 5.41) is 3.13. The number of methoxy groups -OCH3 is 1. The molecule has 3 nitrogen and oxygen atoms in total. The van der Waals surface area contributed by atoms with Crippen molar-refractivity contribution < 1.29 is 4.74 Å². The first kappa shape index (κ1) is 12.1. The molecule has 90 valence electrons. The first-order valence-corrected chi connectivity index (χ1v) is 6.37. The third-order valence-corrected chi connectivity index (χ3v) is 3.57. The maximum absolute atomic E-state index is 6.17. The van der Waals surface area contributed by atoms with E-state index in [1.165, 1.54) is 0 Å². The van der Waals surface area contributed by atoms with Gasteiger partial charge in [0.05, 0.1) is 12.1 Å². The predicted molar refractivity (Wildman–Crippen MR) is 70.5 cm³/mol. The average Bonchev–Trinajstić information content (AvgIpc) is 2.75. The van der Waals surface area contributed by atoms with E-state index in [1.807, 2.05) is 36.6 Å². The first-order valence-electron chi connectivity index (χ1n) is 5.49. The highest BCUT2D eigenvalue weighted by Gasteiger charge is 2.10. The standard InChI is InChI=1S/C13H16N2OS/c1-9-8-17-13(15-9)7-12(14)10-4-3-5-11(6-10)16-2/h3-6,8,12H,7,14H2,1-2H3. The Kier molecular flexibility index (Phi) is 3.76. The fourth-order valence-corrected chi connectivity index (χ4v) is 2.51. The lowest BCUT2D eigenvalue weighted by molar-refractivity contribution is 0.414. The number of aryl methyl sites for hydroxylation is 1. The monoisotopic (exact) mass is 248 g/mol. The average molecular weight is 248 g/mol. The molecular formula is C13H16N2OS. The van der Waals surface area contributed by atoms with Gasteiger partial charge in [0.25, 0.3) is 0 Å². The summed E-state index contributed by atoms with van der Waals surface area (Å²) in [7, 11) is 1.66. The molecule has 0 saturated heterocycles. The summed E-state index contributed by atoms with van der Waals surface area (Å²) in [5.41, 5.74) is 8.31. The van der Waals surface area contributed by atoms with Gasteiger partial charge in [0.1, 0.15) is 5.75 Å². The van der Waals surface area contributed by atoms with Crippen molar-refractivity contribution in [1.82, 2.24) is 4.98 Å². The molecule has 0 aliphatic rings. The Morgan fingerprint density at radius 1 is 1.47 bits per heavy atom. The van der Waals surface area contributed by atoms with E-state index in [9.17, 15) is 0 Å². The lowest BCUT2D eigenvalue weighted by atomic mass is 10.0. The van der Waals surface area contributed by atoms with Crippen molar-refractivity contribution in [1.29, 1.82) is 0 Å². The third-order valence-electron chi connectivity index (χ3n) is 2.58. The Hall–Kier alpha value is -1.39. The lowest BCUT2D eigenvalue weighted by Gasteiger charge is -2.11. The zero-order valence-electron chi connectivity index (χ0n) is 10.0. The van der Waals surface area contributed by atoms with E-state index >= 15 is 0 Å². The van der Waals surface area contributed by atoms with E-state index in [4.69, 9.17) is 10.5 Å². The number of ether oxygens (including phenoxy) is 1. The molecular weight excluding hydrogens is 232 g/mol. The number of rotatable bonds is 4. The fourth-order valence-electron chi connectivity index (χ4n) is 1.67. The molecule has 2 N–H and O–H groups in total. The SMILES string of the molecule is COc1cccc(C(N)Cc2nc(C)cs2)c1. The van der Waals surface area contributed by atoms with Gasteiger partial charge in [-0.15, -0.1) is 11.3 Å². The van der Waals surface area contributed by atoms with E-state index in [2.05, 4.69) is 4.98 Å². The van der Waals surface area contributed by atoms with Gasteiger partial charge in [-0.1, -0.05) is 12.1 Å². The van der Waals surface area contributed by atoms with Crippen LogP contribution in [0.1, 0.15) is 22.3 Å². The van der Waals surface area contributed by atoms with E-state index in [0.29, 0.717) is 0 Å². The van der Waals surface area contributed by atoms with Crippen LogP contribution in [0.4, 0.5) is 0 Å². The van der Waals surface area contributed by atoms with Crippen LogP contribution in [0.25, 0.3) is 0 Å². The number of hydrogen-bond donors (Lipinski definition) is 1. The highest BCUT2D eigenvalue weighted by atomic mass is 32.1. The second-order valence-electron chi connectivity index (χ2n) is 3.97. The van der Waals surface area contributed by atoms with E-state index in [-0.39, 0.29) is 6.04 Å². The molecule has 0 bridgehead atoms. The Bertz CT molecular complexity index is 496. The van der Waals surface area contributed by atoms with E-state index < -0.39 is 0 Å². The molecule has 2 aromatic rings. The van der Waals surface area contributed by atoms with Crippen LogP contribution in [0, 0.1) is 6.92 Å². The molecule has 0 aliphatic heterocycles. The van der Waals surface area contributed by atoms with Gasteiger partial charge < -0.3 is 10.5 Å². The molecule has 0 amide bonds. The summed E-state index contributed by atoms with van der Waals surface area (Å²) < 4.78 is 5.19. The fraction of sp³-hybridized carbons (Fsp3) is 0.308. The molecule has 1 aromatic heterocycles. The molecule has 0 fully saturated rings. The minimum absolute atomic E-state index is 0.0318. The molecule has 17 heavy (non-hydrogen) atoms. The zero-order chi connectivity index (χ0) is 12.3. The molecule has 0 radical (unpaired) electrons. The van der Waals surface area contributed by atoms with E-state index in [1.54, 1.807) is 18.4 Å². The van der Waals surface area contributed by atoms with Gasteiger partial charge in [0.2, 0.25) is 0 Å². The van der Waals surface area contributed by atoms with Crippen LogP contribution in [-0.2, 0) is 6.42 Å². The van der Waals surface area contributed by atoms with E-state index in [0.717, 1.165) is 28.4 Å². The van der Waals surface area contributed by atoms with Gasteiger partial charge >= 0.3 is 0 Å². The molecule has 2 rings (SSSR count). The van der Waals surface area contributed by atoms with Crippen molar-refractivity contribution in [2.24, 2.45) is 5.73 Å². The molecule has 1 atom stereocenters. The van der Waals surface area contributed by atoms with Gasteiger partial charge in [-0.3, -0.25) is 0 Å². The molecule has 0 aliphatic carbocycles. The molecule has 4 heteroatoms. The maximum Gasteiger partial charge on any atom is 0.119 e. The number of nitrogens with zero attached hydrogens (tertiary/aromatic N) is 1. The summed E-state index contributed by atoms with van der Waals surface area (Å²) >= 11 is 1.66. The summed E-state index contributed by atoms with van der Waals surface area (Å²) in [6.07, 6.45) is 0.770. The minimum Gasteiger partial charge on any atom is -0.497 e. The molecule has 1 heterocycles. The van der Waals surface area contributed by atoms with Crippen LogP contribution in [0.3, 0.4) is 0 Å². The topological polar surface area (TPSA) is 48.1 Å². The lowest BCUT2D eigenvalue weighted by Crippen LogP contribution is -2.13. The highest BCUT2D eigenvalue weighted by Crippen LogP contribution is 2.22. The van der Waals surface area contributed by atoms with Crippen molar-refractivity contribution in [2.45, 2.75) is 19.4 Å². The Balaban J connectivity index is 2.11. The van der Waals surface area contributed by atoms with Crippen molar-refractivity contribution in [3.8, 4) is 5.75 Å². The smallest absolute Gasteiger partial charge is 0.119 e. The molecule has 1 aromatic carbocycles. The van der Waals surface area contributed by atoms with Crippen LogP contribution in [-0.4, -0.2) is 12.1 Å². The molecule has 0 saturated carbocycles. The molecule has 0 spiro atoms. The maximum atomic E-state index is 6.17. The van der Waals surface area contributed by atoms with Gasteiger partial charge in [0.15, 0.2) is 0 Å². The van der Waals surface area contributed by atoms with Crippen LogP contribution in [0.15, 0.2) is 29.6 Å². The highest BCUT2D eigenvalue weighted by molar-refractivity contribution is 7.09. The predicted octanol–water partition coefficient (Wildman–Crippen LogP) is 2.70. The van der Waals surface area contributed by atoms with Gasteiger partial charge in [0, 0.05) is 23.5 Å².